The van der Waals surface area contributed by atoms with Crippen LogP contribution in [0.2, 0.25) is 0 Å². The Morgan fingerprint density at radius 3 is 1.00 bits per heavy atom. The van der Waals surface area contributed by atoms with Gasteiger partial charge in [-0.3, -0.25) is 5.32 Å². The van der Waals surface area contributed by atoms with E-state index in [0.717, 1.165) is 0 Å². The lowest BCUT2D eigenvalue weighted by atomic mass is 9.84. The summed E-state index contributed by atoms with van der Waals surface area (Å²) in [6, 6.07) is 0. The Labute approximate surface area is 116 Å². The van der Waals surface area contributed by atoms with Gasteiger partial charge in [-0.05, 0) is 0 Å². The molecule has 0 fully saturated rings. The van der Waals surface area contributed by atoms with E-state index in [1.165, 1.54) is 0 Å². The van der Waals surface area contributed by atoms with Crippen LogP contribution in [0, 0.1) is 74.1 Å². The third kappa shape index (κ3) is 4.24. The molecule has 1 N–H and O–H groups in total. The molecule has 0 aromatic heterocycles. The zero-order valence-electron chi connectivity index (χ0n) is 10.8. The predicted molar refractivity (Wildman–Crippen MR) is 80.1 cm³/mol. The molecule has 0 saturated carbocycles. The topological polar surface area (TPSA) is 12.0 Å². The third-order valence-corrected chi connectivity index (χ3v) is 2.65. The van der Waals surface area contributed by atoms with E-state index in [-0.39, 0.29) is 25.7 Å². The van der Waals surface area contributed by atoms with Crippen LogP contribution in [0.25, 0.3) is 0 Å². The Morgan fingerprint density at radius 1 is 0.579 bits per heavy atom. The lowest BCUT2D eigenvalue weighted by Crippen LogP contribution is -2.56. The quantitative estimate of drug-likeness (QED) is 0.698. The smallest absolute Gasteiger partial charge is 0.103 e. The first kappa shape index (κ1) is 16.3. The van der Waals surface area contributed by atoms with Gasteiger partial charge in [0.05, 0.1) is 0 Å². The van der Waals surface area contributed by atoms with Crippen molar-refractivity contribution >= 4 is 0 Å². The monoisotopic (exact) mass is 245 g/mol. The molecule has 0 aromatic carbocycles. The minimum absolute atomic E-state index is 0.242. The molecular formula is C18H15N. The van der Waals surface area contributed by atoms with Crippen LogP contribution in [0.3, 0.4) is 0 Å². The van der Waals surface area contributed by atoms with E-state index in [4.69, 9.17) is 38.5 Å². The molecule has 0 aliphatic carbocycles. The molecule has 1 nitrogen and oxygen atoms in total. The van der Waals surface area contributed by atoms with Gasteiger partial charge in [0.2, 0.25) is 0 Å². The zero-order valence-corrected chi connectivity index (χ0v) is 10.8. The van der Waals surface area contributed by atoms with Crippen molar-refractivity contribution in [2.75, 3.05) is 0 Å². The van der Waals surface area contributed by atoms with Crippen molar-refractivity contribution in [3.05, 3.63) is 0 Å². The van der Waals surface area contributed by atoms with E-state index < -0.39 is 11.1 Å². The second-order valence-electron chi connectivity index (χ2n) is 4.10. The lowest BCUT2D eigenvalue weighted by molar-refractivity contribution is 0.317. The molecular weight excluding hydrogens is 230 g/mol. The van der Waals surface area contributed by atoms with E-state index in [9.17, 15) is 0 Å². The largest absolute Gasteiger partial charge is 0.282 e. The van der Waals surface area contributed by atoms with Crippen molar-refractivity contribution in [3.8, 4) is 74.1 Å². The summed E-state index contributed by atoms with van der Waals surface area (Å²) >= 11 is 0. The summed E-state index contributed by atoms with van der Waals surface area (Å²) in [5, 5.41) is 3.14. The SMILES string of the molecule is C#CCC(C#C)(CC#C)NC(C#C)(CC#C)CC#C. The summed E-state index contributed by atoms with van der Waals surface area (Å²) in [6.07, 6.45) is 33.5. The average molecular weight is 245 g/mol. The zero-order chi connectivity index (χ0) is 14.8. The van der Waals surface area contributed by atoms with Crippen LogP contribution in [-0.2, 0) is 0 Å². The maximum atomic E-state index is 5.56. The molecule has 0 spiro atoms. The molecule has 0 unspecified atom stereocenters. The number of nitrogens with one attached hydrogen (secondary N) is 1. The van der Waals surface area contributed by atoms with Crippen molar-refractivity contribution in [2.24, 2.45) is 0 Å². The van der Waals surface area contributed by atoms with E-state index in [1.54, 1.807) is 0 Å². The Kier molecular flexibility index (Phi) is 6.54. The number of terminal acetylenes is 6. The standard InChI is InChI=1S/C18H15N/c1-7-13-17(11-5,14-8-2)19-18(12-6,15-9-3)16-10-4/h1-6,19H,13-16H2. The number of rotatable bonds is 6. The summed E-state index contributed by atoms with van der Waals surface area (Å²) in [7, 11) is 0. The van der Waals surface area contributed by atoms with Gasteiger partial charge in [0.25, 0.3) is 0 Å². The van der Waals surface area contributed by atoms with Crippen LogP contribution in [0.5, 0.6) is 0 Å². The maximum absolute atomic E-state index is 5.56. The van der Waals surface area contributed by atoms with Crippen LogP contribution in [-0.4, -0.2) is 11.1 Å². The van der Waals surface area contributed by atoms with Gasteiger partial charge in [0, 0.05) is 25.7 Å². The van der Waals surface area contributed by atoms with Gasteiger partial charge < -0.3 is 0 Å². The highest BCUT2D eigenvalue weighted by atomic mass is 15.0. The normalized spacial score (nSPS) is 9.79. The summed E-state index contributed by atoms with van der Waals surface area (Å²) in [5.41, 5.74) is -1.80. The van der Waals surface area contributed by atoms with Crippen LogP contribution in [0.4, 0.5) is 0 Å². The molecule has 0 heterocycles. The van der Waals surface area contributed by atoms with Crippen molar-refractivity contribution in [1.82, 2.24) is 5.32 Å². The van der Waals surface area contributed by atoms with E-state index in [1.807, 2.05) is 0 Å². The molecule has 0 aliphatic rings. The molecule has 0 aromatic rings. The Balaban J connectivity index is 5.54. The molecule has 19 heavy (non-hydrogen) atoms. The van der Waals surface area contributed by atoms with Gasteiger partial charge in [-0.15, -0.1) is 62.2 Å². The van der Waals surface area contributed by atoms with Crippen molar-refractivity contribution < 1.29 is 0 Å². The van der Waals surface area contributed by atoms with Crippen molar-refractivity contribution in [2.45, 2.75) is 36.8 Å². The highest BCUT2D eigenvalue weighted by Crippen LogP contribution is 2.23. The van der Waals surface area contributed by atoms with Gasteiger partial charge in [-0.25, -0.2) is 0 Å². The fourth-order valence-electron chi connectivity index (χ4n) is 1.73. The van der Waals surface area contributed by atoms with E-state index in [0.29, 0.717) is 0 Å². The molecule has 0 amide bonds. The van der Waals surface area contributed by atoms with Gasteiger partial charge >= 0.3 is 0 Å². The van der Waals surface area contributed by atoms with Gasteiger partial charge in [-0.2, -0.15) is 0 Å². The summed E-state index contributed by atoms with van der Waals surface area (Å²) in [6.45, 7) is 0. The molecule has 0 saturated heterocycles. The van der Waals surface area contributed by atoms with E-state index >= 15 is 0 Å². The molecule has 0 bridgehead atoms. The van der Waals surface area contributed by atoms with Gasteiger partial charge in [0.1, 0.15) is 11.1 Å². The number of hydrogen-bond acceptors (Lipinski definition) is 1. The second kappa shape index (κ2) is 7.61. The van der Waals surface area contributed by atoms with Crippen LogP contribution >= 0.6 is 0 Å². The minimum atomic E-state index is -0.899. The van der Waals surface area contributed by atoms with Crippen LogP contribution in [0.1, 0.15) is 25.7 Å². The molecule has 1 heteroatoms. The fraction of sp³-hybridized carbons (Fsp3) is 0.333. The average Bonchev–Trinajstić information content (AvgIpc) is 2.39. The Hall–Kier alpha value is -2.68. The second-order valence-corrected chi connectivity index (χ2v) is 4.10. The third-order valence-electron chi connectivity index (χ3n) is 2.65. The highest BCUT2D eigenvalue weighted by Gasteiger charge is 2.36. The molecule has 0 atom stereocenters. The minimum Gasteiger partial charge on any atom is -0.282 e. The first-order valence-corrected chi connectivity index (χ1v) is 5.56. The predicted octanol–water partition coefficient (Wildman–Crippen LogP) is 1.41. The van der Waals surface area contributed by atoms with Crippen LogP contribution < -0.4 is 5.32 Å². The highest BCUT2D eigenvalue weighted by molar-refractivity contribution is 5.30. The Morgan fingerprint density at radius 2 is 0.842 bits per heavy atom. The summed E-state index contributed by atoms with van der Waals surface area (Å²) < 4.78 is 0. The lowest BCUT2D eigenvalue weighted by Gasteiger charge is -2.36. The van der Waals surface area contributed by atoms with Crippen molar-refractivity contribution in [3.63, 3.8) is 0 Å². The molecule has 0 radical (unpaired) electrons. The fourth-order valence-corrected chi connectivity index (χ4v) is 1.73. The molecule has 0 rings (SSSR count). The number of hydrogen-bond donors (Lipinski definition) is 1. The van der Waals surface area contributed by atoms with Gasteiger partial charge in [0.15, 0.2) is 0 Å². The van der Waals surface area contributed by atoms with Gasteiger partial charge in [-0.1, -0.05) is 11.8 Å². The maximum Gasteiger partial charge on any atom is 0.103 e. The van der Waals surface area contributed by atoms with E-state index in [2.05, 4.69) is 40.8 Å². The first-order valence-electron chi connectivity index (χ1n) is 5.56. The van der Waals surface area contributed by atoms with Crippen molar-refractivity contribution in [1.29, 1.82) is 0 Å². The Bertz CT molecular complexity index is 468. The molecule has 0 aliphatic heterocycles. The first-order chi connectivity index (χ1) is 9.07. The summed E-state index contributed by atoms with van der Waals surface area (Å²) in [5.74, 6) is 15.2. The summed E-state index contributed by atoms with van der Waals surface area (Å²) in [4.78, 5) is 0. The molecule has 92 valence electrons. The van der Waals surface area contributed by atoms with Crippen LogP contribution in [0.15, 0.2) is 0 Å².